The lowest BCUT2D eigenvalue weighted by molar-refractivity contribution is -0.919. The predicted molar refractivity (Wildman–Crippen MR) is 112 cm³/mol. The maximum absolute atomic E-state index is 12.6. The molecule has 4 rings (SSSR count). The number of anilines is 1. The van der Waals surface area contributed by atoms with E-state index < -0.39 is 0 Å². The molecule has 3 N–H and O–H groups in total. The number of quaternary nitrogens is 1. The van der Waals surface area contributed by atoms with Crippen molar-refractivity contribution in [2.75, 3.05) is 25.0 Å². The van der Waals surface area contributed by atoms with E-state index in [1.165, 1.54) is 29.1 Å². The molecule has 0 spiro atoms. The summed E-state index contributed by atoms with van der Waals surface area (Å²) in [6.45, 7) is 2.72. The fraction of sp³-hybridized carbons (Fsp3) is 0.273. The summed E-state index contributed by atoms with van der Waals surface area (Å²) in [5, 5.41) is 7.75. The summed E-state index contributed by atoms with van der Waals surface area (Å²) in [6, 6.07) is 14.6. The van der Waals surface area contributed by atoms with E-state index in [4.69, 9.17) is 4.42 Å². The topological polar surface area (TPSA) is 75.8 Å². The molecule has 6 nitrogen and oxygen atoms in total. The van der Waals surface area contributed by atoms with Gasteiger partial charge in [-0.25, -0.2) is 0 Å². The maximum atomic E-state index is 12.6. The van der Waals surface area contributed by atoms with E-state index in [0.29, 0.717) is 22.7 Å². The second kappa shape index (κ2) is 9.07. The average Bonchev–Trinajstić information content (AvgIpc) is 3.52. The third kappa shape index (κ3) is 4.75. The lowest BCUT2D eigenvalue weighted by atomic mass is 10.1. The van der Waals surface area contributed by atoms with Gasteiger partial charge in [0.05, 0.1) is 30.8 Å². The molecule has 0 aliphatic carbocycles. The Morgan fingerprint density at radius 3 is 2.48 bits per heavy atom. The SMILES string of the molecule is O=C(NC[C@@H](c1ccco1)[NH+]1CCCC1)c1ccc(NC(=O)c2cccs2)cc1. The standard InChI is InChI=1S/C22H23N3O3S/c26-21(23-15-18(19-5-3-13-28-19)25-11-1-2-12-25)16-7-9-17(10-8-16)24-22(27)20-6-4-14-29-20/h3-10,13-14,18H,1-2,11-12,15H2,(H,23,26)(H,24,27)/p+1/t18-/m0/s1. The number of likely N-dealkylation sites (tertiary alicyclic amines) is 1. The molecule has 29 heavy (non-hydrogen) atoms. The number of thiophene rings is 1. The highest BCUT2D eigenvalue weighted by molar-refractivity contribution is 7.12. The van der Waals surface area contributed by atoms with Crippen LogP contribution >= 0.6 is 11.3 Å². The van der Waals surface area contributed by atoms with Gasteiger partial charge in [-0.1, -0.05) is 6.07 Å². The van der Waals surface area contributed by atoms with E-state index in [1.54, 1.807) is 36.6 Å². The Bertz CT molecular complexity index is 930. The first kappa shape index (κ1) is 19.4. The van der Waals surface area contributed by atoms with E-state index in [-0.39, 0.29) is 17.9 Å². The maximum Gasteiger partial charge on any atom is 0.265 e. The van der Waals surface area contributed by atoms with Crippen LogP contribution in [0.1, 0.15) is 44.7 Å². The van der Waals surface area contributed by atoms with E-state index in [9.17, 15) is 9.59 Å². The quantitative estimate of drug-likeness (QED) is 0.561. The number of amides is 2. The van der Waals surface area contributed by atoms with Crippen molar-refractivity contribution in [1.82, 2.24) is 5.32 Å². The minimum absolute atomic E-state index is 0.126. The van der Waals surface area contributed by atoms with Crippen molar-refractivity contribution in [3.8, 4) is 0 Å². The average molecular weight is 411 g/mol. The van der Waals surface area contributed by atoms with Crippen molar-refractivity contribution in [3.63, 3.8) is 0 Å². The predicted octanol–water partition coefficient (Wildman–Crippen LogP) is 2.74. The molecule has 2 amide bonds. The van der Waals surface area contributed by atoms with Crippen molar-refractivity contribution in [1.29, 1.82) is 0 Å². The van der Waals surface area contributed by atoms with Gasteiger partial charge in [-0.2, -0.15) is 0 Å². The first-order valence-electron chi connectivity index (χ1n) is 9.82. The zero-order chi connectivity index (χ0) is 20.1. The van der Waals surface area contributed by atoms with Crippen LogP contribution in [0.2, 0.25) is 0 Å². The zero-order valence-corrected chi connectivity index (χ0v) is 16.8. The fourth-order valence-corrected chi connectivity index (χ4v) is 4.33. The lowest BCUT2D eigenvalue weighted by Gasteiger charge is -2.23. The van der Waals surface area contributed by atoms with Gasteiger partial charge in [0.25, 0.3) is 11.8 Å². The molecule has 1 aliphatic rings. The van der Waals surface area contributed by atoms with Gasteiger partial charge >= 0.3 is 0 Å². The van der Waals surface area contributed by atoms with Crippen LogP contribution < -0.4 is 15.5 Å². The highest BCUT2D eigenvalue weighted by Gasteiger charge is 2.29. The highest BCUT2D eigenvalue weighted by Crippen LogP contribution is 2.15. The summed E-state index contributed by atoms with van der Waals surface area (Å²) in [4.78, 5) is 26.8. The van der Waals surface area contributed by atoms with Gasteiger partial charge in [0, 0.05) is 24.1 Å². The van der Waals surface area contributed by atoms with Crippen LogP contribution in [0.15, 0.2) is 64.6 Å². The van der Waals surface area contributed by atoms with E-state index in [0.717, 1.165) is 18.8 Å². The van der Waals surface area contributed by atoms with Crippen LogP contribution in [-0.2, 0) is 0 Å². The van der Waals surface area contributed by atoms with Crippen LogP contribution in [0.4, 0.5) is 5.69 Å². The Hall–Kier alpha value is -2.90. The largest absolute Gasteiger partial charge is 0.463 e. The van der Waals surface area contributed by atoms with Crippen molar-refractivity contribution in [2.45, 2.75) is 18.9 Å². The number of carbonyl (C=O) groups is 2. The molecule has 0 radical (unpaired) electrons. The number of furan rings is 1. The molecule has 3 heterocycles. The number of rotatable bonds is 7. The Morgan fingerprint density at radius 2 is 1.83 bits per heavy atom. The zero-order valence-electron chi connectivity index (χ0n) is 16.0. The molecule has 0 saturated carbocycles. The van der Waals surface area contributed by atoms with Gasteiger partial charge in [0.1, 0.15) is 0 Å². The van der Waals surface area contributed by atoms with Crippen LogP contribution in [-0.4, -0.2) is 31.4 Å². The minimum atomic E-state index is -0.146. The Kier molecular flexibility index (Phi) is 6.07. The van der Waals surface area contributed by atoms with Gasteiger partial charge in [0.15, 0.2) is 11.8 Å². The number of benzene rings is 1. The minimum Gasteiger partial charge on any atom is -0.463 e. The van der Waals surface area contributed by atoms with E-state index in [2.05, 4.69) is 10.6 Å². The molecular formula is C22H24N3O3S+. The molecule has 1 saturated heterocycles. The molecule has 1 fully saturated rings. The Morgan fingerprint density at radius 1 is 1.03 bits per heavy atom. The lowest BCUT2D eigenvalue weighted by Crippen LogP contribution is -3.11. The summed E-state index contributed by atoms with van der Waals surface area (Å²) in [5.74, 6) is 0.636. The van der Waals surface area contributed by atoms with E-state index >= 15 is 0 Å². The molecule has 0 unspecified atom stereocenters. The Balaban J connectivity index is 1.36. The summed E-state index contributed by atoms with van der Waals surface area (Å²) in [7, 11) is 0. The number of hydrogen-bond acceptors (Lipinski definition) is 4. The van der Waals surface area contributed by atoms with Crippen LogP contribution in [0.25, 0.3) is 0 Å². The Labute approximate surface area is 173 Å². The van der Waals surface area contributed by atoms with Gasteiger partial charge in [0.2, 0.25) is 0 Å². The molecular weight excluding hydrogens is 386 g/mol. The first-order chi connectivity index (χ1) is 14.2. The molecule has 150 valence electrons. The second-order valence-corrected chi connectivity index (χ2v) is 8.10. The normalized spacial score (nSPS) is 15.2. The van der Waals surface area contributed by atoms with Crippen molar-refractivity contribution >= 4 is 28.8 Å². The molecule has 1 atom stereocenters. The smallest absolute Gasteiger partial charge is 0.265 e. The fourth-order valence-electron chi connectivity index (χ4n) is 3.72. The van der Waals surface area contributed by atoms with Crippen molar-refractivity contribution < 1.29 is 18.9 Å². The molecule has 7 heteroatoms. The summed E-state index contributed by atoms with van der Waals surface area (Å²) < 4.78 is 5.62. The molecule has 1 aromatic carbocycles. The van der Waals surface area contributed by atoms with Gasteiger partial charge in [-0.3, -0.25) is 9.59 Å². The monoisotopic (exact) mass is 410 g/mol. The van der Waals surface area contributed by atoms with Gasteiger partial charge in [-0.05, 0) is 47.8 Å². The van der Waals surface area contributed by atoms with Crippen LogP contribution in [0.3, 0.4) is 0 Å². The summed E-state index contributed by atoms with van der Waals surface area (Å²) in [6.07, 6.45) is 4.10. The second-order valence-electron chi connectivity index (χ2n) is 7.15. The summed E-state index contributed by atoms with van der Waals surface area (Å²) >= 11 is 1.39. The van der Waals surface area contributed by atoms with Crippen molar-refractivity contribution in [3.05, 3.63) is 76.4 Å². The molecule has 2 aromatic heterocycles. The first-order valence-corrected chi connectivity index (χ1v) is 10.7. The van der Waals surface area contributed by atoms with Gasteiger partial charge in [-0.15, -0.1) is 11.3 Å². The number of carbonyl (C=O) groups excluding carboxylic acids is 2. The molecule has 3 aromatic rings. The van der Waals surface area contributed by atoms with Crippen molar-refractivity contribution in [2.24, 2.45) is 0 Å². The molecule has 0 bridgehead atoms. The third-order valence-corrected chi connectivity index (χ3v) is 6.11. The van der Waals surface area contributed by atoms with Gasteiger partial charge < -0.3 is 20.0 Å². The number of hydrogen-bond donors (Lipinski definition) is 3. The highest BCUT2D eigenvalue weighted by atomic mass is 32.1. The number of nitrogens with one attached hydrogen (secondary N) is 3. The van der Waals surface area contributed by atoms with Crippen LogP contribution in [0.5, 0.6) is 0 Å². The van der Waals surface area contributed by atoms with Crippen LogP contribution in [0, 0.1) is 0 Å². The summed E-state index contributed by atoms with van der Waals surface area (Å²) in [5.41, 5.74) is 1.23. The van der Waals surface area contributed by atoms with E-state index in [1.807, 2.05) is 23.6 Å². The third-order valence-electron chi connectivity index (χ3n) is 5.24. The molecule has 1 aliphatic heterocycles.